The number of amides is 1. The van der Waals surface area contributed by atoms with Gasteiger partial charge in [0, 0.05) is 15.8 Å². The zero-order valence-corrected chi connectivity index (χ0v) is 21.0. The lowest BCUT2D eigenvalue weighted by atomic mass is 9.85. The van der Waals surface area contributed by atoms with E-state index in [4.69, 9.17) is 9.72 Å². The minimum atomic E-state index is -0.394. The predicted octanol–water partition coefficient (Wildman–Crippen LogP) is 6.83. The van der Waals surface area contributed by atoms with Crippen LogP contribution in [-0.4, -0.2) is 24.0 Å². The second-order valence-electron chi connectivity index (χ2n) is 9.01. The summed E-state index contributed by atoms with van der Waals surface area (Å²) in [6.07, 6.45) is 3.93. The van der Waals surface area contributed by atoms with Crippen molar-refractivity contribution in [2.75, 3.05) is 12.4 Å². The molecule has 0 unspecified atom stereocenters. The van der Waals surface area contributed by atoms with Crippen LogP contribution in [0, 0.1) is 12.8 Å². The van der Waals surface area contributed by atoms with Crippen molar-refractivity contribution in [2.24, 2.45) is 5.92 Å². The number of nitrogens with one attached hydrogen (secondary N) is 1. The molecule has 5 nitrogen and oxygen atoms in total. The number of para-hydroxylation sites is 1. The molecule has 0 radical (unpaired) electrons. The number of carbonyl (C=O) groups excluding carboxylic acids is 2. The number of thiophene rings is 1. The molecule has 1 aliphatic carbocycles. The molecule has 0 aliphatic heterocycles. The summed E-state index contributed by atoms with van der Waals surface area (Å²) >= 11 is 1.51. The number of fused-ring (bicyclic) bond motifs is 2. The Morgan fingerprint density at radius 1 is 1.09 bits per heavy atom. The number of hydrogen-bond donors (Lipinski definition) is 1. The summed E-state index contributed by atoms with van der Waals surface area (Å²) in [5, 5.41) is 4.46. The lowest BCUT2D eigenvalue weighted by molar-refractivity contribution is 0.0601. The number of rotatable bonds is 5. The van der Waals surface area contributed by atoms with Crippen LogP contribution >= 0.6 is 11.3 Å². The molecule has 35 heavy (non-hydrogen) atoms. The van der Waals surface area contributed by atoms with E-state index in [1.54, 1.807) is 0 Å². The summed E-state index contributed by atoms with van der Waals surface area (Å²) in [5.41, 5.74) is 5.41. The highest BCUT2D eigenvalue weighted by Crippen LogP contribution is 2.41. The number of pyridine rings is 1. The van der Waals surface area contributed by atoms with E-state index < -0.39 is 5.97 Å². The van der Waals surface area contributed by atoms with Crippen LogP contribution in [-0.2, 0) is 17.6 Å². The highest BCUT2D eigenvalue weighted by Gasteiger charge is 2.30. The molecule has 2 aromatic carbocycles. The fourth-order valence-corrected chi connectivity index (χ4v) is 6.40. The van der Waals surface area contributed by atoms with Gasteiger partial charge < -0.3 is 10.1 Å². The molecule has 0 saturated heterocycles. The summed E-state index contributed by atoms with van der Waals surface area (Å²) < 4.78 is 5.12. The largest absolute Gasteiger partial charge is 0.465 e. The van der Waals surface area contributed by atoms with Crippen LogP contribution in [0.15, 0.2) is 54.6 Å². The molecule has 1 aliphatic rings. The molecule has 178 valence electrons. The van der Waals surface area contributed by atoms with Crippen LogP contribution in [0.4, 0.5) is 5.00 Å². The van der Waals surface area contributed by atoms with Gasteiger partial charge in [-0.1, -0.05) is 61.9 Å². The average molecular weight is 485 g/mol. The first-order chi connectivity index (χ1) is 17.0. The zero-order valence-electron chi connectivity index (χ0n) is 20.2. The Labute approximate surface area is 209 Å². The van der Waals surface area contributed by atoms with Gasteiger partial charge in [0.1, 0.15) is 5.00 Å². The molecule has 0 saturated carbocycles. The molecule has 2 heterocycles. The first kappa shape index (κ1) is 23.2. The summed E-state index contributed by atoms with van der Waals surface area (Å²) in [7, 11) is 1.39. The highest BCUT2D eigenvalue weighted by molar-refractivity contribution is 7.17. The van der Waals surface area contributed by atoms with Crippen molar-refractivity contribution in [3.8, 4) is 11.3 Å². The third-order valence-corrected chi connectivity index (χ3v) is 8.14. The quantitative estimate of drug-likeness (QED) is 0.315. The van der Waals surface area contributed by atoms with E-state index in [2.05, 4.69) is 12.2 Å². The second-order valence-corrected chi connectivity index (χ2v) is 10.1. The molecule has 6 heteroatoms. The number of aromatic nitrogens is 1. The normalized spacial score (nSPS) is 15.0. The van der Waals surface area contributed by atoms with Crippen molar-refractivity contribution in [1.29, 1.82) is 0 Å². The van der Waals surface area contributed by atoms with Gasteiger partial charge in [-0.3, -0.25) is 4.79 Å². The summed E-state index contributed by atoms with van der Waals surface area (Å²) in [6.45, 7) is 4.14. The number of ether oxygens (including phenoxy) is 1. The van der Waals surface area contributed by atoms with Crippen molar-refractivity contribution in [3.05, 3.63) is 81.7 Å². The molecule has 2 aromatic heterocycles. The number of nitrogens with zero attached hydrogens (tertiary/aromatic N) is 1. The molecule has 4 aromatic rings. The van der Waals surface area contributed by atoms with Crippen LogP contribution in [0.3, 0.4) is 0 Å². The zero-order chi connectivity index (χ0) is 24.5. The van der Waals surface area contributed by atoms with Gasteiger partial charge in [0.2, 0.25) is 0 Å². The minimum absolute atomic E-state index is 0.242. The van der Waals surface area contributed by atoms with E-state index in [-0.39, 0.29) is 5.91 Å². The maximum atomic E-state index is 13.8. The Hall–Kier alpha value is -3.51. The number of anilines is 1. The van der Waals surface area contributed by atoms with E-state index in [1.165, 1.54) is 23.3 Å². The van der Waals surface area contributed by atoms with Crippen molar-refractivity contribution < 1.29 is 14.3 Å². The number of carbonyl (C=O) groups is 2. The van der Waals surface area contributed by atoms with Crippen molar-refractivity contribution in [3.63, 3.8) is 0 Å². The maximum Gasteiger partial charge on any atom is 0.341 e. The summed E-state index contributed by atoms with van der Waals surface area (Å²) in [6, 6.07) is 17.6. The Morgan fingerprint density at radius 3 is 2.57 bits per heavy atom. The summed E-state index contributed by atoms with van der Waals surface area (Å²) in [4.78, 5) is 32.7. The first-order valence-electron chi connectivity index (χ1n) is 12.0. The van der Waals surface area contributed by atoms with E-state index in [1.807, 2.05) is 61.5 Å². The molecule has 5 rings (SSSR count). The fraction of sp³-hybridized carbons (Fsp3) is 0.276. The van der Waals surface area contributed by atoms with Gasteiger partial charge in [0.05, 0.1) is 29.4 Å². The SMILES string of the molecule is CC[C@@H]1CCc2c(sc(NC(=O)c3c(C)c(-c4ccccc4)nc4ccccc34)c2C(=O)OC)C1. The molecule has 1 atom stereocenters. The van der Waals surface area contributed by atoms with Gasteiger partial charge >= 0.3 is 5.97 Å². The second kappa shape index (κ2) is 9.62. The van der Waals surface area contributed by atoms with Crippen LogP contribution in [0.1, 0.15) is 56.5 Å². The van der Waals surface area contributed by atoms with Crippen LogP contribution in [0.25, 0.3) is 22.2 Å². The Balaban J connectivity index is 1.61. The Bertz CT molecular complexity index is 1430. The third kappa shape index (κ3) is 4.23. The monoisotopic (exact) mass is 484 g/mol. The van der Waals surface area contributed by atoms with E-state index in [9.17, 15) is 9.59 Å². The van der Waals surface area contributed by atoms with Gasteiger partial charge in [0.25, 0.3) is 5.91 Å². The molecule has 0 bridgehead atoms. The Kier molecular flexibility index (Phi) is 6.39. The highest BCUT2D eigenvalue weighted by atomic mass is 32.1. The molecule has 1 N–H and O–H groups in total. The lowest BCUT2D eigenvalue weighted by Gasteiger charge is -2.20. The van der Waals surface area contributed by atoms with Crippen LogP contribution < -0.4 is 5.32 Å². The predicted molar refractivity (Wildman–Crippen MR) is 141 cm³/mol. The van der Waals surface area contributed by atoms with Crippen molar-refractivity contribution in [2.45, 2.75) is 39.5 Å². The standard InChI is InChI=1S/C29H28N2O3S/c1-4-18-14-15-21-23(16-18)35-28(25(21)29(33)34-3)31-27(32)24-17(2)26(19-10-6-5-7-11-19)30-22-13-9-8-12-20(22)24/h5-13,18H,4,14-16H2,1-3H3,(H,31,32)/t18-/m1/s1. The minimum Gasteiger partial charge on any atom is -0.465 e. The molecule has 0 fully saturated rings. The third-order valence-electron chi connectivity index (χ3n) is 6.97. The number of methoxy groups -OCH3 is 1. The van der Waals surface area contributed by atoms with Crippen molar-refractivity contribution >= 4 is 39.1 Å². The molecule has 0 spiro atoms. The fourth-order valence-electron chi connectivity index (χ4n) is 5.05. The van der Waals surface area contributed by atoms with Gasteiger partial charge in [0.15, 0.2) is 0 Å². The average Bonchev–Trinajstić information content (AvgIpc) is 3.24. The smallest absolute Gasteiger partial charge is 0.341 e. The summed E-state index contributed by atoms with van der Waals surface area (Å²) in [5.74, 6) is -0.0295. The topological polar surface area (TPSA) is 68.3 Å². The lowest BCUT2D eigenvalue weighted by Crippen LogP contribution is -2.18. The molecular formula is C29H28N2O3S. The van der Waals surface area contributed by atoms with Crippen LogP contribution in [0.5, 0.6) is 0 Å². The van der Waals surface area contributed by atoms with E-state index in [0.29, 0.717) is 22.0 Å². The van der Waals surface area contributed by atoms with Gasteiger partial charge in [-0.2, -0.15) is 0 Å². The van der Waals surface area contributed by atoms with Gasteiger partial charge in [-0.15, -0.1) is 11.3 Å². The van der Waals surface area contributed by atoms with Crippen LogP contribution in [0.2, 0.25) is 0 Å². The van der Waals surface area contributed by atoms with Crippen molar-refractivity contribution in [1.82, 2.24) is 4.98 Å². The van der Waals surface area contributed by atoms with E-state index in [0.717, 1.165) is 59.0 Å². The number of hydrogen-bond acceptors (Lipinski definition) is 5. The molecular weight excluding hydrogens is 456 g/mol. The Morgan fingerprint density at radius 2 is 1.83 bits per heavy atom. The van der Waals surface area contributed by atoms with Gasteiger partial charge in [-0.05, 0) is 49.3 Å². The number of esters is 1. The first-order valence-corrected chi connectivity index (χ1v) is 12.8. The molecule has 1 amide bonds. The van der Waals surface area contributed by atoms with Gasteiger partial charge in [-0.25, -0.2) is 9.78 Å². The maximum absolute atomic E-state index is 13.8. The van der Waals surface area contributed by atoms with E-state index >= 15 is 0 Å². The number of benzene rings is 2.